The normalized spacial score (nSPS) is 17.7. The number of carbonyl (C=O) groups excluding carboxylic acids is 1. The molecule has 3 rings (SSSR count). The van der Waals surface area contributed by atoms with Gasteiger partial charge < -0.3 is 15.0 Å². The molecule has 1 amide bonds. The fourth-order valence-corrected chi connectivity index (χ4v) is 3.16. The van der Waals surface area contributed by atoms with Gasteiger partial charge in [0.15, 0.2) is 0 Å². The highest BCUT2D eigenvalue weighted by molar-refractivity contribution is 5.78. The van der Waals surface area contributed by atoms with Gasteiger partial charge >= 0.3 is 0 Å². The maximum absolute atomic E-state index is 12.9. The molecule has 1 fully saturated rings. The molecule has 1 unspecified atom stereocenters. The second kappa shape index (κ2) is 8.81. The molecule has 1 aliphatic rings. The van der Waals surface area contributed by atoms with Crippen LogP contribution in [0.15, 0.2) is 48.5 Å². The molecule has 1 heterocycles. The smallest absolute Gasteiger partial charge is 0.224 e. The zero-order valence-corrected chi connectivity index (χ0v) is 15.1. The average Bonchev–Trinajstić information content (AvgIpc) is 2.66. The van der Waals surface area contributed by atoms with E-state index in [1.807, 2.05) is 24.3 Å². The maximum Gasteiger partial charge on any atom is 0.224 e. The van der Waals surface area contributed by atoms with Crippen LogP contribution in [0.2, 0.25) is 0 Å². The van der Waals surface area contributed by atoms with Crippen molar-refractivity contribution in [1.82, 2.24) is 10.2 Å². The standard InChI is InChI=1S/C21H25FN2O2/c1-24-12-2-3-18(14-24)21(25)23-13-16-6-10-20(11-7-16)26-15-17-4-8-19(22)9-5-17/h4-11,18H,2-3,12-15H2,1H3,(H,23,25). The van der Waals surface area contributed by atoms with Crippen LogP contribution >= 0.6 is 0 Å². The molecule has 0 aliphatic carbocycles. The van der Waals surface area contributed by atoms with Crippen LogP contribution in [0.1, 0.15) is 24.0 Å². The Morgan fingerprint density at radius 3 is 2.54 bits per heavy atom. The van der Waals surface area contributed by atoms with Gasteiger partial charge in [0, 0.05) is 13.1 Å². The number of hydrogen-bond acceptors (Lipinski definition) is 3. The average molecular weight is 356 g/mol. The maximum atomic E-state index is 12.9. The number of halogens is 1. The monoisotopic (exact) mass is 356 g/mol. The molecular weight excluding hydrogens is 331 g/mol. The summed E-state index contributed by atoms with van der Waals surface area (Å²) in [4.78, 5) is 14.5. The molecule has 2 aromatic carbocycles. The van der Waals surface area contributed by atoms with Crippen molar-refractivity contribution in [3.63, 3.8) is 0 Å². The van der Waals surface area contributed by atoms with Crippen LogP contribution < -0.4 is 10.1 Å². The molecule has 0 radical (unpaired) electrons. The third-order valence-corrected chi connectivity index (χ3v) is 4.70. The van der Waals surface area contributed by atoms with Gasteiger partial charge in [0.2, 0.25) is 5.91 Å². The van der Waals surface area contributed by atoms with Crippen LogP contribution in [0, 0.1) is 11.7 Å². The van der Waals surface area contributed by atoms with Gasteiger partial charge in [-0.05, 0) is 61.8 Å². The largest absolute Gasteiger partial charge is 0.489 e. The van der Waals surface area contributed by atoms with Gasteiger partial charge in [-0.3, -0.25) is 4.79 Å². The van der Waals surface area contributed by atoms with Crippen molar-refractivity contribution in [2.24, 2.45) is 5.92 Å². The number of amides is 1. The molecule has 1 aliphatic heterocycles. The number of rotatable bonds is 6. The number of nitrogens with zero attached hydrogens (tertiary/aromatic N) is 1. The number of hydrogen-bond donors (Lipinski definition) is 1. The highest BCUT2D eigenvalue weighted by atomic mass is 19.1. The van der Waals surface area contributed by atoms with Crippen molar-refractivity contribution in [2.75, 3.05) is 20.1 Å². The minimum atomic E-state index is -0.250. The van der Waals surface area contributed by atoms with Gasteiger partial charge in [-0.2, -0.15) is 0 Å². The van der Waals surface area contributed by atoms with Gasteiger partial charge in [-0.25, -0.2) is 4.39 Å². The first kappa shape index (κ1) is 18.4. The Hall–Kier alpha value is -2.40. The molecule has 1 N–H and O–H groups in total. The van der Waals surface area contributed by atoms with Crippen molar-refractivity contribution >= 4 is 5.91 Å². The van der Waals surface area contributed by atoms with Gasteiger partial charge in [0.1, 0.15) is 18.2 Å². The molecular formula is C21H25FN2O2. The number of ether oxygens (including phenoxy) is 1. The first-order valence-corrected chi connectivity index (χ1v) is 9.02. The van der Waals surface area contributed by atoms with E-state index in [0.717, 1.165) is 42.8 Å². The van der Waals surface area contributed by atoms with Crippen molar-refractivity contribution in [2.45, 2.75) is 26.0 Å². The SMILES string of the molecule is CN1CCCC(C(=O)NCc2ccc(OCc3ccc(F)cc3)cc2)C1. The molecule has 1 atom stereocenters. The summed E-state index contributed by atoms with van der Waals surface area (Å²) in [5.41, 5.74) is 1.96. The Labute approximate surface area is 154 Å². The third-order valence-electron chi connectivity index (χ3n) is 4.70. The topological polar surface area (TPSA) is 41.6 Å². The molecule has 1 saturated heterocycles. The molecule has 0 saturated carbocycles. The molecule has 0 spiro atoms. The van der Waals surface area contributed by atoms with Crippen molar-refractivity contribution in [1.29, 1.82) is 0 Å². The lowest BCUT2D eigenvalue weighted by Gasteiger charge is -2.28. The summed E-state index contributed by atoms with van der Waals surface area (Å²) in [6, 6.07) is 14.0. The van der Waals surface area contributed by atoms with Crippen LogP contribution in [-0.4, -0.2) is 30.9 Å². The summed E-state index contributed by atoms with van der Waals surface area (Å²) in [6.07, 6.45) is 2.04. The zero-order chi connectivity index (χ0) is 18.4. The highest BCUT2D eigenvalue weighted by Crippen LogP contribution is 2.17. The van der Waals surface area contributed by atoms with Gasteiger partial charge in [-0.1, -0.05) is 24.3 Å². The summed E-state index contributed by atoms with van der Waals surface area (Å²) in [6.45, 7) is 2.83. The Bertz CT molecular complexity index is 716. The highest BCUT2D eigenvalue weighted by Gasteiger charge is 2.23. The minimum absolute atomic E-state index is 0.0899. The van der Waals surface area contributed by atoms with Crippen LogP contribution in [0.5, 0.6) is 5.75 Å². The first-order chi connectivity index (χ1) is 12.6. The zero-order valence-electron chi connectivity index (χ0n) is 15.1. The van der Waals surface area contributed by atoms with Crippen LogP contribution in [0.4, 0.5) is 4.39 Å². The second-order valence-corrected chi connectivity index (χ2v) is 6.88. The van der Waals surface area contributed by atoms with Gasteiger partial charge in [-0.15, -0.1) is 0 Å². The van der Waals surface area contributed by atoms with E-state index in [1.54, 1.807) is 12.1 Å². The Balaban J connectivity index is 1.45. The summed E-state index contributed by atoms with van der Waals surface area (Å²) in [5, 5.41) is 3.03. The molecule has 138 valence electrons. The molecule has 0 bridgehead atoms. The minimum Gasteiger partial charge on any atom is -0.489 e. The van der Waals surface area contributed by atoms with E-state index in [1.165, 1.54) is 12.1 Å². The Morgan fingerprint density at radius 2 is 1.85 bits per heavy atom. The van der Waals surface area contributed by atoms with Crippen molar-refractivity contribution in [3.05, 3.63) is 65.5 Å². The third kappa shape index (κ3) is 5.30. The molecule has 5 heteroatoms. The fraction of sp³-hybridized carbons (Fsp3) is 0.381. The van der Waals surface area contributed by atoms with E-state index in [9.17, 15) is 9.18 Å². The lowest BCUT2D eigenvalue weighted by molar-refractivity contribution is -0.126. The Morgan fingerprint density at radius 1 is 1.15 bits per heavy atom. The lowest BCUT2D eigenvalue weighted by atomic mass is 9.97. The molecule has 2 aromatic rings. The predicted octanol–water partition coefficient (Wildman–Crippen LogP) is 3.36. The first-order valence-electron chi connectivity index (χ1n) is 9.02. The number of nitrogens with one attached hydrogen (secondary N) is 1. The quantitative estimate of drug-likeness (QED) is 0.863. The van der Waals surface area contributed by atoms with Crippen LogP contribution in [0.3, 0.4) is 0 Å². The van der Waals surface area contributed by atoms with E-state index in [-0.39, 0.29) is 17.6 Å². The van der Waals surface area contributed by atoms with E-state index < -0.39 is 0 Å². The predicted molar refractivity (Wildman–Crippen MR) is 99.2 cm³/mol. The second-order valence-electron chi connectivity index (χ2n) is 6.88. The van der Waals surface area contributed by atoms with Gasteiger partial charge in [0.05, 0.1) is 5.92 Å². The Kier molecular flexibility index (Phi) is 6.23. The van der Waals surface area contributed by atoms with E-state index in [2.05, 4.69) is 17.3 Å². The van der Waals surface area contributed by atoms with Crippen molar-refractivity contribution < 1.29 is 13.9 Å². The van der Waals surface area contributed by atoms with Crippen LogP contribution in [0.25, 0.3) is 0 Å². The number of likely N-dealkylation sites (tertiary alicyclic amines) is 1. The lowest BCUT2D eigenvalue weighted by Crippen LogP contribution is -2.41. The number of piperidine rings is 1. The summed E-state index contributed by atoms with van der Waals surface area (Å²) >= 11 is 0. The molecule has 26 heavy (non-hydrogen) atoms. The summed E-state index contributed by atoms with van der Waals surface area (Å²) in [7, 11) is 2.06. The van der Waals surface area contributed by atoms with E-state index in [0.29, 0.717) is 13.2 Å². The fourth-order valence-electron chi connectivity index (χ4n) is 3.16. The van der Waals surface area contributed by atoms with E-state index >= 15 is 0 Å². The number of carbonyl (C=O) groups is 1. The van der Waals surface area contributed by atoms with Crippen LogP contribution in [-0.2, 0) is 17.9 Å². The summed E-state index contributed by atoms with van der Waals surface area (Å²) < 4.78 is 18.6. The molecule has 0 aromatic heterocycles. The summed E-state index contributed by atoms with van der Waals surface area (Å²) in [5.74, 6) is 0.721. The van der Waals surface area contributed by atoms with E-state index in [4.69, 9.17) is 4.74 Å². The number of benzene rings is 2. The molecule has 4 nitrogen and oxygen atoms in total. The van der Waals surface area contributed by atoms with Gasteiger partial charge in [0.25, 0.3) is 0 Å². The van der Waals surface area contributed by atoms with Crippen molar-refractivity contribution in [3.8, 4) is 5.75 Å².